The molecule has 1 N–H and O–H groups in total. The predicted molar refractivity (Wildman–Crippen MR) is 95.5 cm³/mol. The quantitative estimate of drug-likeness (QED) is 0.509. The van der Waals surface area contributed by atoms with Gasteiger partial charge in [-0.05, 0) is 24.3 Å². The minimum atomic E-state index is 0.194. The number of H-pyrrole nitrogens is 1. The van der Waals surface area contributed by atoms with E-state index in [1.807, 2.05) is 60.7 Å². The number of nitrogens with one attached hydrogen (secondary N) is 1. The first kappa shape index (κ1) is 18.4. The number of hydrogen-bond acceptors (Lipinski definition) is 4. The van der Waals surface area contributed by atoms with E-state index in [4.69, 9.17) is 20.2 Å². The summed E-state index contributed by atoms with van der Waals surface area (Å²) in [5.41, 5.74) is 1.73. The molecule has 0 saturated carbocycles. The van der Waals surface area contributed by atoms with E-state index in [9.17, 15) is 0 Å². The molecule has 0 fully saturated rings. The second kappa shape index (κ2) is 10.7. The molecule has 0 unspecified atom stereocenters. The van der Waals surface area contributed by atoms with E-state index >= 15 is 0 Å². The summed E-state index contributed by atoms with van der Waals surface area (Å²) < 4.78 is 0. The molecule has 0 saturated heterocycles. The maximum atomic E-state index is 4.76. The number of aromatic amines is 1. The molecule has 0 aliphatic heterocycles. The SMILES string of the molecule is C(=Nc1ccccc1)c1n[nH]c(C=Nc2ccccc2)n1.[Cl][Fe][Cl]. The number of aliphatic imine (C=N–C) groups is 2. The van der Waals surface area contributed by atoms with Crippen LogP contribution >= 0.6 is 20.2 Å². The molecule has 0 amide bonds. The normalized spacial score (nSPS) is 10.9. The summed E-state index contributed by atoms with van der Waals surface area (Å²) in [4.78, 5) is 12.9. The van der Waals surface area contributed by atoms with Gasteiger partial charge in [-0.3, -0.25) is 15.1 Å². The van der Waals surface area contributed by atoms with E-state index in [-0.39, 0.29) is 13.1 Å². The Kier molecular flexibility index (Phi) is 8.21. The third-order valence-electron chi connectivity index (χ3n) is 2.70. The van der Waals surface area contributed by atoms with E-state index in [1.54, 1.807) is 12.4 Å². The molecule has 0 bridgehead atoms. The van der Waals surface area contributed by atoms with Crippen LogP contribution in [0.2, 0.25) is 0 Å². The van der Waals surface area contributed by atoms with Crippen LogP contribution in [0.4, 0.5) is 11.4 Å². The van der Waals surface area contributed by atoms with E-state index in [1.165, 1.54) is 0 Å². The van der Waals surface area contributed by atoms with Gasteiger partial charge in [-0.15, -0.1) is 0 Å². The Bertz CT molecular complexity index is 711. The summed E-state index contributed by atoms with van der Waals surface area (Å²) in [6.45, 7) is 0. The summed E-state index contributed by atoms with van der Waals surface area (Å²) in [5.74, 6) is 1.11. The Hall–Kier alpha value is -1.98. The minimum absolute atomic E-state index is 0.194. The molecule has 5 nitrogen and oxygen atoms in total. The molecule has 0 spiro atoms. The molecule has 24 heavy (non-hydrogen) atoms. The van der Waals surface area contributed by atoms with Crippen LogP contribution in [0.25, 0.3) is 0 Å². The van der Waals surface area contributed by atoms with Crippen LogP contribution in [0.5, 0.6) is 0 Å². The van der Waals surface area contributed by atoms with E-state index in [0.29, 0.717) is 11.6 Å². The van der Waals surface area contributed by atoms with Crippen LogP contribution in [0, 0.1) is 0 Å². The molecule has 3 rings (SSSR count). The fourth-order valence-electron chi connectivity index (χ4n) is 1.70. The van der Waals surface area contributed by atoms with Crippen LogP contribution in [0.3, 0.4) is 0 Å². The molecule has 8 heteroatoms. The summed E-state index contributed by atoms with van der Waals surface area (Å²) in [5, 5.41) is 6.88. The standard InChI is InChI=1S/C16H13N5.2ClH.Fe/c1-3-7-13(8-4-1)17-11-15-19-16(21-20-15)12-18-14-9-5-2-6-10-14;;;/h1-12H,(H,19,20,21);2*1H;/q;;;+2/p-2. The van der Waals surface area contributed by atoms with Crippen molar-refractivity contribution in [3.63, 3.8) is 0 Å². The molecule has 0 aliphatic rings. The van der Waals surface area contributed by atoms with E-state index in [2.05, 4.69) is 25.2 Å². The molecule has 1 heterocycles. The predicted octanol–water partition coefficient (Wildman–Crippen LogP) is 4.68. The van der Waals surface area contributed by atoms with Crippen molar-refractivity contribution in [2.75, 3.05) is 0 Å². The van der Waals surface area contributed by atoms with Gasteiger partial charge in [0.25, 0.3) is 0 Å². The fraction of sp³-hybridized carbons (Fsp3) is 0. The van der Waals surface area contributed by atoms with Crippen molar-refractivity contribution in [2.24, 2.45) is 9.98 Å². The van der Waals surface area contributed by atoms with Crippen LogP contribution in [-0.4, -0.2) is 27.6 Å². The van der Waals surface area contributed by atoms with Crippen LogP contribution in [0.15, 0.2) is 70.6 Å². The molecule has 0 radical (unpaired) electrons. The van der Waals surface area contributed by atoms with Crippen molar-refractivity contribution in [1.82, 2.24) is 15.2 Å². The molecule has 0 aliphatic carbocycles. The number of hydrogen-bond donors (Lipinski definition) is 1. The zero-order chi connectivity index (χ0) is 17.0. The average molecular weight is 402 g/mol. The van der Waals surface area contributed by atoms with Gasteiger partial charge < -0.3 is 0 Å². The van der Waals surface area contributed by atoms with Crippen molar-refractivity contribution in [3.05, 3.63) is 72.3 Å². The molecular weight excluding hydrogens is 389 g/mol. The van der Waals surface area contributed by atoms with Crippen molar-refractivity contribution >= 4 is 44.0 Å². The first-order valence-corrected chi connectivity index (χ1v) is 9.81. The molecule has 124 valence electrons. The number of rotatable bonds is 4. The molecule has 2 aromatic carbocycles. The van der Waals surface area contributed by atoms with Gasteiger partial charge in [0.1, 0.15) is 0 Å². The Morgan fingerprint density at radius 2 is 1.33 bits per heavy atom. The van der Waals surface area contributed by atoms with Gasteiger partial charge in [0.15, 0.2) is 11.6 Å². The summed E-state index contributed by atoms with van der Waals surface area (Å²) in [6, 6.07) is 19.3. The van der Waals surface area contributed by atoms with Crippen molar-refractivity contribution in [2.45, 2.75) is 0 Å². The first-order valence-electron chi connectivity index (χ1n) is 6.77. The topological polar surface area (TPSA) is 66.3 Å². The molecular formula is C16H13Cl2FeN5. The maximum absolute atomic E-state index is 4.76. The van der Waals surface area contributed by atoms with Crippen LogP contribution < -0.4 is 0 Å². The number of benzene rings is 2. The third-order valence-corrected chi connectivity index (χ3v) is 2.70. The van der Waals surface area contributed by atoms with Gasteiger partial charge in [-0.25, -0.2) is 4.98 Å². The van der Waals surface area contributed by atoms with Crippen molar-refractivity contribution in [1.29, 1.82) is 0 Å². The van der Waals surface area contributed by atoms with E-state index in [0.717, 1.165) is 11.4 Å². The van der Waals surface area contributed by atoms with Gasteiger partial charge >= 0.3 is 33.3 Å². The van der Waals surface area contributed by atoms with Crippen molar-refractivity contribution in [3.8, 4) is 0 Å². The van der Waals surface area contributed by atoms with Gasteiger partial charge in [0.2, 0.25) is 0 Å². The Morgan fingerprint density at radius 1 is 0.833 bits per heavy atom. The molecule has 0 atom stereocenters. The van der Waals surface area contributed by atoms with Gasteiger partial charge in [-0.2, -0.15) is 5.10 Å². The first-order chi connectivity index (χ1) is 11.8. The number of aromatic nitrogens is 3. The zero-order valence-electron chi connectivity index (χ0n) is 12.3. The van der Waals surface area contributed by atoms with Gasteiger partial charge in [0, 0.05) is 0 Å². The second-order valence-electron chi connectivity index (χ2n) is 4.32. The summed E-state index contributed by atoms with van der Waals surface area (Å²) in [6.07, 6.45) is 3.26. The van der Waals surface area contributed by atoms with Crippen LogP contribution in [0.1, 0.15) is 11.6 Å². The van der Waals surface area contributed by atoms with Crippen LogP contribution in [-0.2, 0) is 13.1 Å². The third kappa shape index (κ3) is 6.64. The number of halogens is 2. The van der Waals surface area contributed by atoms with Gasteiger partial charge in [0.05, 0.1) is 23.8 Å². The van der Waals surface area contributed by atoms with Gasteiger partial charge in [-0.1, -0.05) is 36.4 Å². The number of para-hydroxylation sites is 2. The summed E-state index contributed by atoms with van der Waals surface area (Å²) in [7, 11) is 9.53. The fourth-order valence-corrected chi connectivity index (χ4v) is 1.70. The Morgan fingerprint density at radius 3 is 1.88 bits per heavy atom. The Labute approximate surface area is 154 Å². The molecule has 3 aromatic rings. The average Bonchev–Trinajstić information content (AvgIpc) is 3.09. The molecule has 1 aromatic heterocycles. The monoisotopic (exact) mass is 401 g/mol. The Balaban J connectivity index is 0.000000647. The number of nitrogens with zero attached hydrogens (tertiary/aromatic N) is 4. The zero-order valence-corrected chi connectivity index (χ0v) is 14.9. The second-order valence-corrected chi connectivity index (χ2v) is 6.14. The van der Waals surface area contributed by atoms with E-state index < -0.39 is 0 Å². The summed E-state index contributed by atoms with van der Waals surface area (Å²) >= 11 is 0.194. The van der Waals surface area contributed by atoms with Crippen molar-refractivity contribution < 1.29 is 13.1 Å².